The van der Waals surface area contributed by atoms with Gasteiger partial charge in [0.05, 0.1) is 6.04 Å². The van der Waals surface area contributed by atoms with Gasteiger partial charge in [-0.1, -0.05) is 18.2 Å². The number of hydrogen-bond donors (Lipinski definition) is 4. The lowest BCUT2D eigenvalue weighted by atomic mass is 9.94. The van der Waals surface area contributed by atoms with Crippen molar-refractivity contribution < 1.29 is 10.2 Å². The van der Waals surface area contributed by atoms with Crippen LogP contribution in [0.5, 0.6) is 11.5 Å². The number of H-pyrrole nitrogens is 1. The number of benzene rings is 2. The van der Waals surface area contributed by atoms with E-state index in [4.69, 9.17) is 0 Å². The van der Waals surface area contributed by atoms with E-state index in [1.807, 2.05) is 44.2 Å². The number of nitrogens with one attached hydrogen (secondary N) is 2. The van der Waals surface area contributed by atoms with Crippen molar-refractivity contribution in [2.24, 2.45) is 0 Å². The zero-order valence-corrected chi connectivity index (χ0v) is 15.2. The van der Waals surface area contributed by atoms with E-state index in [0.29, 0.717) is 5.56 Å². The molecule has 4 aromatic rings. The maximum absolute atomic E-state index is 10.5. The minimum atomic E-state index is -0.302. The van der Waals surface area contributed by atoms with Crippen molar-refractivity contribution in [2.75, 3.05) is 5.32 Å². The zero-order chi connectivity index (χ0) is 19.0. The van der Waals surface area contributed by atoms with Crippen LogP contribution in [0.1, 0.15) is 28.6 Å². The molecule has 0 fully saturated rings. The van der Waals surface area contributed by atoms with Crippen molar-refractivity contribution in [2.45, 2.75) is 19.9 Å². The highest BCUT2D eigenvalue weighted by atomic mass is 16.3. The predicted molar refractivity (Wildman–Crippen MR) is 107 cm³/mol. The first-order valence-corrected chi connectivity index (χ1v) is 8.81. The first-order valence-electron chi connectivity index (χ1n) is 8.81. The van der Waals surface area contributed by atoms with Crippen molar-refractivity contribution in [3.05, 3.63) is 83.3 Å². The van der Waals surface area contributed by atoms with E-state index < -0.39 is 0 Å². The third-order valence-electron chi connectivity index (χ3n) is 4.76. The van der Waals surface area contributed by atoms with Crippen LogP contribution in [-0.2, 0) is 0 Å². The quantitative estimate of drug-likeness (QED) is 0.422. The summed E-state index contributed by atoms with van der Waals surface area (Å²) < 4.78 is 0. The van der Waals surface area contributed by atoms with E-state index in [-0.39, 0.29) is 17.5 Å². The lowest BCUT2D eigenvalue weighted by molar-refractivity contribution is 0.445. The number of anilines is 1. The summed E-state index contributed by atoms with van der Waals surface area (Å²) in [6.45, 7) is 3.97. The third-order valence-corrected chi connectivity index (χ3v) is 4.76. The van der Waals surface area contributed by atoms with Gasteiger partial charge in [0.2, 0.25) is 0 Å². The number of phenolic OH excluding ortho intramolecular Hbond substituents is 2. The summed E-state index contributed by atoms with van der Waals surface area (Å²) in [6.07, 6.45) is 1.76. The van der Waals surface area contributed by atoms with Crippen LogP contribution in [0, 0.1) is 13.8 Å². The van der Waals surface area contributed by atoms with Gasteiger partial charge in [-0.15, -0.1) is 0 Å². The molecular weight excluding hydrogens is 338 g/mol. The van der Waals surface area contributed by atoms with Crippen molar-refractivity contribution in [1.82, 2.24) is 9.97 Å². The first kappa shape index (κ1) is 17.0. The number of aromatic hydroxyl groups is 2. The Morgan fingerprint density at radius 2 is 1.81 bits per heavy atom. The second kappa shape index (κ2) is 6.68. The molecule has 2 aromatic heterocycles. The molecule has 0 aliphatic heterocycles. The van der Waals surface area contributed by atoms with Crippen molar-refractivity contribution in [3.8, 4) is 11.5 Å². The smallest absolute Gasteiger partial charge is 0.124 e. The molecule has 4 rings (SSSR count). The first-order chi connectivity index (χ1) is 13.0. The monoisotopic (exact) mass is 359 g/mol. The molecule has 4 N–H and O–H groups in total. The molecule has 0 saturated heterocycles. The number of nitrogens with zero attached hydrogens (tertiary/aromatic N) is 1. The Kier molecular flexibility index (Phi) is 4.20. The van der Waals surface area contributed by atoms with E-state index in [9.17, 15) is 10.2 Å². The molecule has 5 nitrogen and oxygen atoms in total. The summed E-state index contributed by atoms with van der Waals surface area (Å²) in [4.78, 5) is 7.67. The lowest BCUT2D eigenvalue weighted by Gasteiger charge is -2.22. The molecule has 0 aliphatic carbocycles. The fraction of sp³-hybridized carbons (Fsp3) is 0.136. The number of hydrogen-bond acceptors (Lipinski definition) is 4. The number of fused-ring (bicyclic) bond motifs is 1. The van der Waals surface area contributed by atoms with E-state index in [0.717, 1.165) is 33.5 Å². The van der Waals surface area contributed by atoms with E-state index in [2.05, 4.69) is 21.4 Å². The summed E-state index contributed by atoms with van der Waals surface area (Å²) >= 11 is 0. The minimum Gasteiger partial charge on any atom is -0.508 e. The van der Waals surface area contributed by atoms with Gasteiger partial charge < -0.3 is 20.5 Å². The standard InChI is InChI=1S/C22H21N3O2/c1-13-11-15(9-10-23-13)25-22(18-8-7-16(26)12-20(18)27)21-14(2)24-19-6-4-3-5-17(19)21/h3-12,22,24,26-27H,1-2H3,(H,23,25). The SMILES string of the molecule is Cc1cc(NC(c2ccc(O)cc2O)c2c(C)[nH]c3ccccc23)ccn1. The maximum atomic E-state index is 10.5. The van der Waals surface area contributed by atoms with Crippen molar-refractivity contribution in [1.29, 1.82) is 0 Å². The minimum absolute atomic E-state index is 0.0328. The highest BCUT2D eigenvalue weighted by Crippen LogP contribution is 2.39. The molecular formula is C22H21N3O2. The van der Waals surface area contributed by atoms with Gasteiger partial charge in [-0.2, -0.15) is 0 Å². The van der Waals surface area contributed by atoms with Gasteiger partial charge in [-0.25, -0.2) is 0 Å². The summed E-state index contributed by atoms with van der Waals surface area (Å²) in [5, 5.41) is 24.9. The van der Waals surface area contributed by atoms with Gasteiger partial charge in [-0.05, 0) is 44.2 Å². The van der Waals surface area contributed by atoms with Gasteiger partial charge in [0.1, 0.15) is 11.5 Å². The van der Waals surface area contributed by atoms with Crippen LogP contribution in [0.25, 0.3) is 10.9 Å². The Morgan fingerprint density at radius 1 is 1.00 bits per heavy atom. The number of aryl methyl sites for hydroxylation is 2. The lowest BCUT2D eigenvalue weighted by Crippen LogP contribution is -2.13. The number of aromatic nitrogens is 2. The van der Waals surface area contributed by atoms with Gasteiger partial charge in [0.25, 0.3) is 0 Å². The Morgan fingerprint density at radius 3 is 2.59 bits per heavy atom. The number of para-hydroxylation sites is 1. The van der Waals surface area contributed by atoms with Gasteiger partial charge in [0, 0.05) is 51.4 Å². The molecule has 27 heavy (non-hydrogen) atoms. The number of rotatable bonds is 4. The Labute approximate surface area is 157 Å². The average molecular weight is 359 g/mol. The molecule has 136 valence electrons. The highest BCUT2D eigenvalue weighted by Gasteiger charge is 2.23. The fourth-order valence-electron chi connectivity index (χ4n) is 3.55. The van der Waals surface area contributed by atoms with E-state index in [1.165, 1.54) is 6.07 Å². The van der Waals surface area contributed by atoms with Crippen LogP contribution in [0.3, 0.4) is 0 Å². The van der Waals surface area contributed by atoms with Crippen LogP contribution in [0.2, 0.25) is 0 Å². The van der Waals surface area contributed by atoms with Crippen LogP contribution in [0.4, 0.5) is 5.69 Å². The Bertz CT molecular complexity index is 1120. The summed E-state index contributed by atoms with van der Waals surface area (Å²) in [5.74, 6) is 0.0772. The maximum Gasteiger partial charge on any atom is 0.124 e. The van der Waals surface area contributed by atoms with Crippen molar-refractivity contribution >= 4 is 16.6 Å². The van der Waals surface area contributed by atoms with Gasteiger partial charge in [0.15, 0.2) is 0 Å². The predicted octanol–water partition coefficient (Wildman–Crippen LogP) is 4.79. The topological polar surface area (TPSA) is 81.2 Å². The molecule has 0 spiro atoms. The van der Waals surface area contributed by atoms with Gasteiger partial charge in [-0.3, -0.25) is 4.98 Å². The fourth-order valence-corrected chi connectivity index (χ4v) is 3.55. The molecule has 1 unspecified atom stereocenters. The molecule has 0 saturated carbocycles. The third kappa shape index (κ3) is 3.19. The summed E-state index contributed by atoms with van der Waals surface area (Å²) in [5.41, 5.74) is 5.62. The molecule has 2 aromatic carbocycles. The van der Waals surface area contributed by atoms with Crippen LogP contribution < -0.4 is 5.32 Å². The summed E-state index contributed by atoms with van der Waals surface area (Å²) in [7, 11) is 0. The number of aromatic amines is 1. The van der Waals surface area contributed by atoms with E-state index in [1.54, 1.807) is 18.3 Å². The number of pyridine rings is 1. The molecule has 0 radical (unpaired) electrons. The van der Waals surface area contributed by atoms with Crippen LogP contribution in [0.15, 0.2) is 60.8 Å². The second-order valence-electron chi connectivity index (χ2n) is 6.72. The molecule has 1 atom stereocenters. The zero-order valence-electron chi connectivity index (χ0n) is 15.2. The molecule has 5 heteroatoms. The molecule has 0 bridgehead atoms. The highest BCUT2D eigenvalue weighted by molar-refractivity contribution is 5.86. The largest absolute Gasteiger partial charge is 0.508 e. The Hall–Kier alpha value is -3.47. The van der Waals surface area contributed by atoms with Crippen LogP contribution >= 0.6 is 0 Å². The van der Waals surface area contributed by atoms with Crippen molar-refractivity contribution in [3.63, 3.8) is 0 Å². The number of phenols is 2. The second-order valence-corrected chi connectivity index (χ2v) is 6.72. The summed E-state index contributed by atoms with van der Waals surface area (Å²) in [6, 6.07) is 16.4. The van der Waals surface area contributed by atoms with Crippen LogP contribution in [-0.4, -0.2) is 20.2 Å². The molecule has 0 aliphatic rings. The molecule has 0 amide bonds. The normalized spacial score (nSPS) is 12.2. The average Bonchev–Trinajstić information content (AvgIpc) is 2.96. The van der Waals surface area contributed by atoms with E-state index >= 15 is 0 Å². The Balaban J connectivity index is 1.91. The van der Waals surface area contributed by atoms with Gasteiger partial charge >= 0.3 is 0 Å². The molecule has 2 heterocycles.